The smallest absolute Gasteiger partial charge is 0.306 e. The van der Waals surface area contributed by atoms with E-state index in [0.717, 1.165) is 70.6 Å². The van der Waals surface area contributed by atoms with E-state index in [9.17, 15) is 14.4 Å². The van der Waals surface area contributed by atoms with Crippen molar-refractivity contribution in [2.24, 2.45) is 0 Å². The van der Waals surface area contributed by atoms with Crippen LogP contribution >= 0.6 is 0 Å². The molecule has 0 bridgehead atoms. The minimum Gasteiger partial charge on any atom is -0.461 e. The molecular formula is C34H52O4. The molecule has 0 aromatic carbocycles. The Bertz CT molecular complexity index is 964. The number of hydrogen-bond acceptors (Lipinski definition) is 4. The first-order chi connectivity index (χ1) is 18.0. The molecule has 0 aromatic heterocycles. The summed E-state index contributed by atoms with van der Waals surface area (Å²) in [5.41, 5.74) is 6.60. The highest BCUT2D eigenvalue weighted by atomic mass is 16.5. The van der Waals surface area contributed by atoms with E-state index in [-0.39, 0.29) is 17.5 Å². The van der Waals surface area contributed by atoms with E-state index in [1.54, 1.807) is 20.8 Å². The highest BCUT2D eigenvalue weighted by Crippen LogP contribution is 2.27. The lowest BCUT2D eigenvalue weighted by Gasteiger charge is -2.18. The predicted molar refractivity (Wildman–Crippen MR) is 159 cm³/mol. The molecule has 1 aliphatic carbocycles. The Kier molecular flexibility index (Phi) is 16.5. The van der Waals surface area contributed by atoms with Gasteiger partial charge in [0.2, 0.25) is 0 Å². The highest BCUT2D eigenvalue weighted by molar-refractivity contribution is 6.24. The molecule has 0 aliphatic heterocycles. The van der Waals surface area contributed by atoms with Crippen molar-refractivity contribution in [2.45, 2.75) is 132 Å². The number of unbranched alkanes of at least 4 members (excludes halogenated alkanes) is 6. The van der Waals surface area contributed by atoms with Gasteiger partial charge in [-0.2, -0.15) is 0 Å². The highest BCUT2D eigenvalue weighted by Gasteiger charge is 2.27. The lowest BCUT2D eigenvalue weighted by Crippen LogP contribution is -2.20. The number of Topliss-reactive ketones (excluding diaryl/α,β-unsaturated/α-hetero) is 2. The fraction of sp³-hybridized carbons (Fsp3) is 0.618. The van der Waals surface area contributed by atoms with E-state index in [1.807, 2.05) is 6.08 Å². The Labute approximate surface area is 232 Å². The normalized spacial score (nSPS) is 14.9. The summed E-state index contributed by atoms with van der Waals surface area (Å²) in [5, 5.41) is 0. The molecule has 0 aromatic rings. The van der Waals surface area contributed by atoms with Gasteiger partial charge in [-0.1, -0.05) is 61.0 Å². The van der Waals surface area contributed by atoms with Crippen molar-refractivity contribution in [1.82, 2.24) is 0 Å². The maximum absolute atomic E-state index is 12.5. The summed E-state index contributed by atoms with van der Waals surface area (Å²) in [5.74, 6) is -0.0457. The molecule has 212 valence electrons. The van der Waals surface area contributed by atoms with Gasteiger partial charge in [0.25, 0.3) is 0 Å². The van der Waals surface area contributed by atoms with Crippen molar-refractivity contribution in [3.05, 3.63) is 57.2 Å². The Morgan fingerprint density at radius 3 is 1.79 bits per heavy atom. The van der Waals surface area contributed by atoms with Crippen LogP contribution in [0.15, 0.2) is 57.2 Å². The molecule has 4 heteroatoms. The van der Waals surface area contributed by atoms with Crippen LogP contribution in [0.5, 0.6) is 0 Å². The second kappa shape index (κ2) is 18.7. The molecule has 0 amide bonds. The van der Waals surface area contributed by atoms with Crippen molar-refractivity contribution in [3.8, 4) is 0 Å². The summed E-state index contributed by atoms with van der Waals surface area (Å²) in [4.78, 5) is 36.7. The van der Waals surface area contributed by atoms with Gasteiger partial charge in [0, 0.05) is 28.7 Å². The largest absolute Gasteiger partial charge is 0.461 e. The number of carbonyl (C=O) groups is 3. The maximum Gasteiger partial charge on any atom is 0.306 e. The summed E-state index contributed by atoms with van der Waals surface area (Å²) in [6.07, 6.45) is 19.3. The van der Waals surface area contributed by atoms with Gasteiger partial charge < -0.3 is 4.74 Å². The average Bonchev–Trinajstić information content (AvgIpc) is 2.86. The number of esters is 1. The minimum absolute atomic E-state index is 0.0195. The molecule has 0 unspecified atom stereocenters. The van der Waals surface area contributed by atoms with Crippen molar-refractivity contribution in [1.29, 1.82) is 0 Å². The van der Waals surface area contributed by atoms with Crippen LogP contribution in [-0.4, -0.2) is 24.1 Å². The second-order valence-electron chi connectivity index (χ2n) is 11.1. The zero-order valence-electron chi connectivity index (χ0n) is 25.3. The van der Waals surface area contributed by atoms with Gasteiger partial charge in [-0.15, -0.1) is 0 Å². The van der Waals surface area contributed by atoms with Crippen LogP contribution in [0.2, 0.25) is 0 Å². The number of allylic oxidation sites excluding steroid dienone is 9. The quantitative estimate of drug-likeness (QED) is 0.0776. The first-order valence-electron chi connectivity index (χ1n) is 14.6. The van der Waals surface area contributed by atoms with E-state index in [4.69, 9.17) is 4.74 Å². The second-order valence-corrected chi connectivity index (χ2v) is 11.1. The van der Waals surface area contributed by atoms with Crippen LogP contribution in [0.4, 0.5) is 0 Å². The van der Waals surface area contributed by atoms with Gasteiger partial charge in [-0.3, -0.25) is 14.4 Å². The average molecular weight is 525 g/mol. The van der Waals surface area contributed by atoms with Crippen LogP contribution in [0, 0.1) is 0 Å². The van der Waals surface area contributed by atoms with Gasteiger partial charge in [-0.25, -0.2) is 0 Å². The first kappa shape index (κ1) is 33.5. The molecule has 0 saturated carbocycles. The third-order valence-corrected chi connectivity index (χ3v) is 7.42. The Balaban J connectivity index is 2.08. The number of hydrogen-bond donors (Lipinski definition) is 0. The van der Waals surface area contributed by atoms with Crippen molar-refractivity contribution >= 4 is 17.5 Å². The van der Waals surface area contributed by atoms with Crippen molar-refractivity contribution < 1.29 is 19.1 Å². The molecular weight excluding hydrogens is 472 g/mol. The van der Waals surface area contributed by atoms with Crippen LogP contribution in [0.1, 0.15) is 132 Å². The molecule has 1 aliphatic rings. The maximum atomic E-state index is 12.5. The third-order valence-electron chi connectivity index (χ3n) is 7.42. The van der Waals surface area contributed by atoms with E-state index in [0.29, 0.717) is 41.7 Å². The van der Waals surface area contributed by atoms with Gasteiger partial charge in [-0.05, 0) is 99.5 Å². The first-order valence-corrected chi connectivity index (χ1v) is 14.6. The van der Waals surface area contributed by atoms with Crippen molar-refractivity contribution in [2.75, 3.05) is 6.61 Å². The zero-order chi connectivity index (χ0) is 28.5. The fourth-order valence-corrected chi connectivity index (χ4v) is 4.60. The predicted octanol–water partition coefficient (Wildman–Crippen LogP) is 9.26. The Morgan fingerprint density at radius 2 is 1.16 bits per heavy atom. The molecule has 0 heterocycles. The van der Waals surface area contributed by atoms with Gasteiger partial charge in [0.05, 0.1) is 0 Å². The standard InChI is InChI=1S/C34H52O4/c1-25(2)17-15-18-26(3)19-16-20-27(4)23-24-38-32(35)22-14-12-10-8-9-11-13-21-31-30(7)33(36)28(5)29(6)34(31)37/h17,19,23H,8-16,18,20-22,24H2,1-7H3/b26-19+,27-23+. The van der Waals surface area contributed by atoms with E-state index < -0.39 is 0 Å². The third kappa shape index (κ3) is 13.3. The van der Waals surface area contributed by atoms with Crippen LogP contribution in [-0.2, 0) is 19.1 Å². The molecule has 0 atom stereocenters. The van der Waals surface area contributed by atoms with E-state index in [1.165, 1.54) is 16.7 Å². The minimum atomic E-state index is -0.112. The molecule has 0 spiro atoms. The number of ether oxygens (including phenoxy) is 1. The Hall–Kier alpha value is -2.49. The van der Waals surface area contributed by atoms with Gasteiger partial charge >= 0.3 is 5.97 Å². The van der Waals surface area contributed by atoms with Crippen LogP contribution in [0.3, 0.4) is 0 Å². The van der Waals surface area contributed by atoms with Crippen molar-refractivity contribution in [3.63, 3.8) is 0 Å². The summed E-state index contributed by atoms with van der Waals surface area (Å²) in [7, 11) is 0. The summed E-state index contributed by atoms with van der Waals surface area (Å²) < 4.78 is 5.38. The molecule has 0 radical (unpaired) electrons. The van der Waals surface area contributed by atoms with E-state index in [2.05, 4.69) is 39.8 Å². The lowest BCUT2D eigenvalue weighted by molar-refractivity contribution is -0.142. The lowest BCUT2D eigenvalue weighted by atomic mass is 9.84. The summed E-state index contributed by atoms with van der Waals surface area (Å²) in [6, 6.07) is 0. The summed E-state index contributed by atoms with van der Waals surface area (Å²) >= 11 is 0. The monoisotopic (exact) mass is 524 g/mol. The molecule has 38 heavy (non-hydrogen) atoms. The molecule has 4 nitrogen and oxygen atoms in total. The number of carbonyl (C=O) groups excluding carboxylic acids is 3. The molecule has 0 saturated heterocycles. The fourth-order valence-electron chi connectivity index (χ4n) is 4.60. The molecule has 0 fully saturated rings. The molecule has 1 rings (SSSR count). The van der Waals surface area contributed by atoms with E-state index >= 15 is 0 Å². The topological polar surface area (TPSA) is 60.4 Å². The SMILES string of the molecule is CC(C)=CCC/C(C)=C/CC/C(C)=C/COC(=O)CCCCCCCCCC1=C(C)C(=O)C(C)=C(C)C1=O. The zero-order valence-corrected chi connectivity index (χ0v) is 25.3. The van der Waals surface area contributed by atoms with Crippen LogP contribution < -0.4 is 0 Å². The Morgan fingerprint density at radius 1 is 0.632 bits per heavy atom. The summed E-state index contributed by atoms with van der Waals surface area (Å²) in [6.45, 7) is 14.2. The van der Waals surface area contributed by atoms with Gasteiger partial charge in [0.1, 0.15) is 6.61 Å². The molecule has 0 N–H and O–H groups in total. The van der Waals surface area contributed by atoms with Gasteiger partial charge in [0.15, 0.2) is 11.6 Å². The number of ketones is 2. The number of rotatable bonds is 18. The van der Waals surface area contributed by atoms with Crippen LogP contribution in [0.25, 0.3) is 0 Å².